The van der Waals surface area contributed by atoms with Crippen LogP contribution >= 0.6 is 8.53 Å². The minimum Gasteiger partial charge on any atom is -0.352 e. The highest BCUT2D eigenvalue weighted by Crippen LogP contribution is 2.58. The molecule has 190 valence electrons. The van der Waals surface area contributed by atoms with Crippen molar-refractivity contribution in [2.45, 2.75) is 75.0 Å². The monoisotopic (exact) mass is 523 g/mol. The van der Waals surface area contributed by atoms with Gasteiger partial charge >= 0.3 is 5.69 Å². The molecule has 1 aromatic heterocycles. The zero-order valence-corrected chi connectivity index (χ0v) is 21.4. The summed E-state index contributed by atoms with van der Waals surface area (Å²) in [6, 6.07) is 8.45. The maximum absolute atomic E-state index is 13.0. The minimum absolute atomic E-state index is 0.00209. The molecule has 0 bridgehead atoms. The Morgan fingerprint density at radius 3 is 2.71 bits per heavy atom. The molecule has 0 aliphatic carbocycles. The summed E-state index contributed by atoms with van der Waals surface area (Å²) < 4.78 is 48.4. The van der Waals surface area contributed by atoms with E-state index in [0.29, 0.717) is 23.3 Å². The molecule has 35 heavy (non-hydrogen) atoms. The molecule has 0 spiro atoms. The van der Waals surface area contributed by atoms with Gasteiger partial charge in [-0.25, -0.2) is 17.9 Å². The Hall–Kier alpha value is -1.88. The van der Waals surface area contributed by atoms with Crippen molar-refractivity contribution in [2.75, 3.05) is 12.3 Å². The summed E-state index contributed by atoms with van der Waals surface area (Å²) >= 11 is 0. The van der Waals surface area contributed by atoms with Crippen LogP contribution in [-0.2, 0) is 23.6 Å². The van der Waals surface area contributed by atoms with Crippen molar-refractivity contribution < 1.29 is 22.2 Å². The summed E-state index contributed by atoms with van der Waals surface area (Å²) in [5.41, 5.74) is -0.505. The number of ether oxygens (including phenoxy) is 1. The zero-order valence-electron chi connectivity index (χ0n) is 19.7. The van der Waals surface area contributed by atoms with Crippen LogP contribution in [0.4, 0.5) is 0 Å². The molecular formula is C23H30N3O7PS. The topological polar surface area (TPSA) is 120 Å². The summed E-state index contributed by atoms with van der Waals surface area (Å²) in [5.74, 6) is -0.0899. The van der Waals surface area contributed by atoms with Gasteiger partial charge in [-0.15, -0.1) is 0 Å². The molecule has 1 aromatic carbocycles. The smallest absolute Gasteiger partial charge is 0.330 e. The van der Waals surface area contributed by atoms with Crippen LogP contribution in [0.3, 0.4) is 0 Å². The number of fused-ring (bicyclic) bond motifs is 1. The van der Waals surface area contributed by atoms with Crippen LogP contribution in [0.2, 0.25) is 0 Å². The average Bonchev–Trinajstić information content (AvgIpc) is 3.54. The van der Waals surface area contributed by atoms with Gasteiger partial charge < -0.3 is 13.8 Å². The third kappa shape index (κ3) is 4.90. The van der Waals surface area contributed by atoms with E-state index in [0.717, 1.165) is 19.4 Å². The van der Waals surface area contributed by atoms with E-state index in [1.54, 1.807) is 37.3 Å². The first-order valence-electron chi connectivity index (χ1n) is 11.9. The fourth-order valence-corrected chi connectivity index (χ4v) is 8.62. The van der Waals surface area contributed by atoms with Crippen molar-refractivity contribution in [1.82, 2.24) is 14.2 Å². The number of nitrogens with one attached hydrogen (secondary N) is 1. The minimum atomic E-state index is -3.49. The van der Waals surface area contributed by atoms with Crippen LogP contribution in [0, 0.1) is 6.92 Å². The second-order valence-electron chi connectivity index (χ2n) is 9.24. The quantitative estimate of drug-likeness (QED) is 0.550. The summed E-state index contributed by atoms with van der Waals surface area (Å²) in [6.45, 7) is 4.42. The van der Waals surface area contributed by atoms with Crippen molar-refractivity contribution >= 4 is 18.4 Å². The average molecular weight is 524 g/mol. The molecule has 12 heteroatoms. The number of hydrogen-bond donors (Lipinski definition) is 1. The van der Waals surface area contributed by atoms with Crippen molar-refractivity contribution in [3.63, 3.8) is 0 Å². The van der Waals surface area contributed by atoms with E-state index in [1.807, 2.05) is 6.92 Å². The number of sulfone groups is 1. The predicted octanol–water partition coefficient (Wildman–Crippen LogP) is 2.49. The normalized spacial score (nSPS) is 31.1. The molecule has 3 aliphatic heterocycles. The Balaban J connectivity index is 1.31. The van der Waals surface area contributed by atoms with Crippen LogP contribution in [0.25, 0.3) is 0 Å². The molecule has 0 amide bonds. The largest absolute Gasteiger partial charge is 0.352 e. The fraction of sp³-hybridized carbons (Fsp3) is 0.565. The van der Waals surface area contributed by atoms with Gasteiger partial charge in [0.15, 0.2) is 9.84 Å². The first-order valence-corrected chi connectivity index (χ1v) is 14.7. The van der Waals surface area contributed by atoms with Crippen LogP contribution < -0.4 is 11.2 Å². The second-order valence-corrected chi connectivity index (χ2v) is 12.7. The summed E-state index contributed by atoms with van der Waals surface area (Å²) in [7, 11) is -4.95. The molecule has 1 N–H and O–H groups in total. The van der Waals surface area contributed by atoms with Crippen molar-refractivity contribution in [2.24, 2.45) is 0 Å². The fourth-order valence-electron chi connectivity index (χ4n) is 5.03. The van der Waals surface area contributed by atoms with Crippen LogP contribution in [-0.4, -0.2) is 59.3 Å². The summed E-state index contributed by atoms with van der Waals surface area (Å²) in [6.07, 6.45) is 2.85. The van der Waals surface area contributed by atoms with Gasteiger partial charge in [-0.05, 0) is 38.3 Å². The van der Waals surface area contributed by atoms with E-state index in [2.05, 4.69) is 9.65 Å². The number of hydrogen-bond acceptors (Lipinski definition) is 8. The lowest BCUT2D eigenvalue weighted by molar-refractivity contribution is -0.0189. The number of nitrogens with zero attached hydrogens (tertiary/aromatic N) is 2. The molecule has 3 fully saturated rings. The second kappa shape index (κ2) is 9.88. The Labute approximate surface area is 205 Å². The highest BCUT2D eigenvalue weighted by atomic mass is 32.2. The van der Waals surface area contributed by atoms with E-state index in [1.165, 1.54) is 10.8 Å². The lowest BCUT2D eigenvalue weighted by Gasteiger charge is -2.25. The predicted molar refractivity (Wildman–Crippen MR) is 130 cm³/mol. The molecule has 2 aromatic rings. The van der Waals surface area contributed by atoms with Crippen LogP contribution in [0.1, 0.15) is 44.4 Å². The molecule has 4 heterocycles. The van der Waals surface area contributed by atoms with Crippen LogP contribution in [0.15, 0.2) is 51.0 Å². The first-order chi connectivity index (χ1) is 16.8. The van der Waals surface area contributed by atoms with E-state index >= 15 is 0 Å². The Kier molecular flexibility index (Phi) is 7.00. The van der Waals surface area contributed by atoms with E-state index in [4.69, 9.17) is 13.8 Å². The van der Waals surface area contributed by atoms with Crippen molar-refractivity contribution in [1.29, 1.82) is 0 Å². The standard InChI is InChI=1S/C23H30N3O7PS/c1-3-18-19(12-21(31-18)25-13-15(2)22(27)24-23(25)28)32-34-26-11-7-10-17(26)20(33-34)14-35(29,30)16-8-5-4-6-9-16/h4-6,8-9,13,17-21H,3,7,10-12,14H2,1-2H3,(H,24,27,28)/t17-,18+,19?,20+,21+,34-/m0/s1. The first kappa shape index (κ1) is 24.8. The summed E-state index contributed by atoms with van der Waals surface area (Å²) in [5, 5.41) is 0. The maximum Gasteiger partial charge on any atom is 0.330 e. The van der Waals surface area contributed by atoms with Gasteiger partial charge in [-0.1, -0.05) is 25.1 Å². The van der Waals surface area contributed by atoms with Gasteiger partial charge in [0.05, 0.1) is 29.0 Å². The molecule has 1 unspecified atom stereocenters. The Morgan fingerprint density at radius 2 is 1.97 bits per heavy atom. The molecule has 0 saturated carbocycles. The molecule has 3 aliphatic rings. The van der Waals surface area contributed by atoms with Gasteiger partial charge in [0.25, 0.3) is 14.1 Å². The molecule has 5 rings (SSSR count). The third-order valence-corrected chi connectivity index (χ3v) is 10.5. The number of H-pyrrole nitrogens is 1. The third-order valence-electron chi connectivity index (χ3n) is 6.88. The molecule has 3 saturated heterocycles. The Morgan fingerprint density at radius 1 is 1.20 bits per heavy atom. The van der Waals surface area contributed by atoms with Crippen molar-refractivity contribution in [3.8, 4) is 0 Å². The highest BCUT2D eigenvalue weighted by Gasteiger charge is 2.50. The van der Waals surface area contributed by atoms with Gasteiger partial charge in [0, 0.05) is 30.8 Å². The van der Waals surface area contributed by atoms with Gasteiger partial charge in [-0.3, -0.25) is 14.3 Å². The summed E-state index contributed by atoms with van der Waals surface area (Å²) in [4.78, 5) is 26.7. The number of aryl methyl sites for hydroxylation is 1. The number of aromatic amines is 1. The molecular weight excluding hydrogens is 493 g/mol. The van der Waals surface area contributed by atoms with E-state index in [9.17, 15) is 18.0 Å². The van der Waals surface area contributed by atoms with E-state index < -0.39 is 41.9 Å². The molecule has 10 nitrogen and oxygen atoms in total. The molecule has 0 radical (unpaired) electrons. The SMILES string of the molecule is CC[C@H]1O[C@@H](n2cc(C)c(=O)[nH]c2=O)CC1O[P@@]1O[C@H](CS(=O)(=O)c2ccccc2)[C@@H]2CCCN21. The lowest BCUT2D eigenvalue weighted by Crippen LogP contribution is -2.33. The van der Waals surface area contributed by atoms with Gasteiger partial charge in [-0.2, -0.15) is 0 Å². The highest BCUT2D eigenvalue weighted by molar-refractivity contribution is 7.91. The number of aromatic nitrogens is 2. The lowest BCUT2D eigenvalue weighted by atomic mass is 10.1. The maximum atomic E-state index is 13.0. The number of rotatable bonds is 7. The van der Waals surface area contributed by atoms with E-state index in [-0.39, 0.29) is 24.0 Å². The zero-order chi connectivity index (χ0) is 24.7. The number of benzene rings is 1. The van der Waals surface area contributed by atoms with Gasteiger partial charge in [0.2, 0.25) is 0 Å². The Bertz CT molecular complexity index is 1280. The van der Waals surface area contributed by atoms with Crippen molar-refractivity contribution in [3.05, 3.63) is 62.9 Å². The van der Waals surface area contributed by atoms with Crippen LogP contribution in [0.5, 0.6) is 0 Å². The van der Waals surface area contributed by atoms with Gasteiger partial charge in [0.1, 0.15) is 6.23 Å². The molecule has 6 atom stereocenters.